The van der Waals surface area contributed by atoms with E-state index in [4.69, 9.17) is 0 Å². The van der Waals surface area contributed by atoms with Crippen LogP contribution in [0, 0.1) is 0 Å². The summed E-state index contributed by atoms with van der Waals surface area (Å²) in [5, 5.41) is 3.29. The number of nitrogens with zero attached hydrogens (tertiary/aromatic N) is 2. The molecule has 2 heterocycles. The molecule has 2 aliphatic rings. The summed E-state index contributed by atoms with van der Waals surface area (Å²) in [7, 11) is 0. The van der Waals surface area contributed by atoms with Gasteiger partial charge in [-0.15, -0.1) is 0 Å². The summed E-state index contributed by atoms with van der Waals surface area (Å²) in [4.78, 5) is 26.5. The Morgan fingerprint density at radius 2 is 1.35 bits per heavy atom. The summed E-state index contributed by atoms with van der Waals surface area (Å²) >= 11 is 0. The molecule has 0 aromatic carbocycles. The van der Waals surface area contributed by atoms with Gasteiger partial charge in [0.25, 0.3) is 0 Å². The Morgan fingerprint density at radius 3 is 1.71 bits per heavy atom. The number of hydrogen-bond donors (Lipinski definition) is 1. The number of hydrogen-bond acceptors (Lipinski definition) is 3. The van der Waals surface area contributed by atoms with Crippen LogP contribution in [0.3, 0.4) is 0 Å². The lowest BCUT2D eigenvalue weighted by molar-refractivity contribution is -0.128. The molecule has 5 nitrogen and oxygen atoms in total. The molecule has 96 valence electrons. The van der Waals surface area contributed by atoms with Gasteiger partial charge in [0.05, 0.1) is 0 Å². The minimum Gasteiger partial charge on any atom is -0.341 e. The molecule has 0 aromatic heterocycles. The largest absolute Gasteiger partial charge is 0.341 e. The lowest BCUT2D eigenvalue weighted by atomic mass is 10.4. The van der Waals surface area contributed by atoms with E-state index >= 15 is 0 Å². The van der Waals surface area contributed by atoms with Crippen molar-refractivity contribution in [1.29, 1.82) is 0 Å². The highest BCUT2D eigenvalue weighted by Crippen LogP contribution is 2.09. The quantitative estimate of drug-likeness (QED) is 0.654. The van der Waals surface area contributed by atoms with E-state index in [2.05, 4.69) is 5.32 Å². The Bertz CT molecular complexity index is 265. The lowest BCUT2D eigenvalue weighted by Crippen LogP contribution is -2.37. The zero-order chi connectivity index (χ0) is 12.1. The van der Waals surface area contributed by atoms with E-state index in [9.17, 15) is 9.59 Å². The minimum atomic E-state index is 0.279. The van der Waals surface area contributed by atoms with Gasteiger partial charge in [0.2, 0.25) is 11.8 Å². The smallest absolute Gasteiger partial charge is 0.222 e. The molecule has 0 radical (unpaired) electrons. The Morgan fingerprint density at radius 1 is 0.882 bits per heavy atom. The molecule has 1 N–H and O–H groups in total. The average molecular weight is 239 g/mol. The van der Waals surface area contributed by atoms with Gasteiger partial charge in [-0.25, -0.2) is 0 Å². The fraction of sp³-hybridized carbons (Fsp3) is 0.833. The first-order valence-corrected chi connectivity index (χ1v) is 6.53. The van der Waals surface area contributed by atoms with E-state index in [1.807, 2.05) is 9.80 Å². The fourth-order valence-corrected chi connectivity index (χ4v) is 2.43. The van der Waals surface area contributed by atoms with E-state index < -0.39 is 0 Å². The van der Waals surface area contributed by atoms with Crippen LogP contribution in [0.25, 0.3) is 0 Å². The van der Waals surface area contributed by atoms with E-state index in [1.54, 1.807) is 0 Å². The standard InChI is InChI=1S/C12H21N3O2/c16-11-3-1-7-14(11)9-5-13-6-10-15-8-2-4-12(15)17/h13H,1-10H2. The molecule has 17 heavy (non-hydrogen) atoms. The monoisotopic (exact) mass is 239 g/mol. The van der Waals surface area contributed by atoms with Crippen molar-refractivity contribution in [3.05, 3.63) is 0 Å². The maximum atomic E-state index is 11.3. The summed E-state index contributed by atoms with van der Waals surface area (Å²) < 4.78 is 0. The molecule has 0 atom stereocenters. The maximum absolute atomic E-state index is 11.3. The number of carbonyl (C=O) groups excluding carboxylic acids is 2. The Balaban J connectivity index is 1.51. The first-order chi connectivity index (χ1) is 8.27. The number of rotatable bonds is 6. The van der Waals surface area contributed by atoms with E-state index in [0.29, 0.717) is 12.8 Å². The first kappa shape index (κ1) is 12.4. The topological polar surface area (TPSA) is 52.7 Å². The molecule has 2 amide bonds. The van der Waals surface area contributed by atoms with Crippen LogP contribution < -0.4 is 5.32 Å². The molecule has 0 aliphatic carbocycles. The first-order valence-electron chi connectivity index (χ1n) is 6.53. The number of nitrogens with one attached hydrogen (secondary N) is 1. The zero-order valence-electron chi connectivity index (χ0n) is 10.3. The molecule has 5 heteroatoms. The summed E-state index contributed by atoms with van der Waals surface area (Å²) in [6.07, 6.45) is 3.42. The third-order valence-electron chi connectivity index (χ3n) is 3.46. The summed E-state index contributed by atoms with van der Waals surface area (Å²) in [5.41, 5.74) is 0. The van der Waals surface area contributed by atoms with Crippen LogP contribution in [0.4, 0.5) is 0 Å². The molecule has 2 aliphatic heterocycles. The van der Waals surface area contributed by atoms with Crippen molar-refractivity contribution in [1.82, 2.24) is 15.1 Å². The second-order valence-electron chi connectivity index (χ2n) is 4.72. The zero-order valence-corrected chi connectivity index (χ0v) is 10.3. The highest BCUT2D eigenvalue weighted by atomic mass is 16.2. The highest BCUT2D eigenvalue weighted by Gasteiger charge is 2.20. The van der Waals surface area contributed by atoms with Gasteiger partial charge < -0.3 is 15.1 Å². The summed E-state index contributed by atoms with van der Waals surface area (Å²) in [6, 6.07) is 0. The molecule has 2 saturated heterocycles. The Kier molecular flexibility index (Phi) is 4.36. The van der Waals surface area contributed by atoms with Crippen LogP contribution in [0.15, 0.2) is 0 Å². The normalized spacial score (nSPS) is 20.7. The van der Waals surface area contributed by atoms with Crippen molar-refractivity contribution < 1.29 is 9.59 Å². The highest BCUT2D eigenvalue weighted by molar-refractivity contribution is 5.78. The van der Waals surface area contributed by atoms with Crippen molar-refractivity contribution >= 4 is 11.8 Å². The Labute approximate surface area is 102 Å². The molecular formula is C12H21N3O2. The third-order valence-corrected chi connectivity index (χ3v) is 3.46. The van der Waals surface area contributed by atoms with Gasteiger partial charge in [-0.3, -0.25) is 9.59 Å². The van der Waals surface area contributed by atoms with Crippen molar-refractivity contribution in [3.8, 4) is 0 Å². The predicted molar refractivity (Wildman–Crippen MR) is 64.5 cm³/mol. The van der Waals surface area contributed by atoms with Gasteiger partial charge in [-0.2, -0.15) is 0 Å². The lowest BCUT2D eigenvalue weighted by Gasteiger charge is -2.18. The second-order valence-corrected chi connectivity index (χ2v) is 4.72. The molecule has 0 bridgehead atoms. The average Bonchev–Trinajstić information content (AvgIpc) is 2.89. The number of carbonyl (C=O) groups is 2. The van der Waals surface area contributed by atoms with Crippen molar-refractivity contribution in [2.45, 2.75) is 25.7 Å². The SMILES string of the molecule is O=C1CCCN1CCNCCN1CCCC1=O. The Hall–Kier alpha value is -1.10. The third kappa shape index (κ3) is 3.43. The maximum Gasteiger partial charge on any atom is 0.222 e. The van der Waals surface area contributed by atoms with Gasteiger partial charge in [0, 0.05) is 52.1 Å². The molecular weight excluding hydrogens is 218 g/mol. The second kappa shape index (κ2) is 6.00. The van der Waals surface area contributed by atoms with Gasteiger partial charge in [-0.05, 0) is 12.8 Å². The number of amides is 2. The van der Waals surface area contributed by atoms with Gasteiger partial charge in [0.1, 0.15) is 0 Å². The molecule has 0 aromatic rings. The van der Waals surface area contributed by atoms with Crippen LogP contribution >= 0.6 is 0 Å². The van der Waals surface area contributed by atoms with E-state index in [1.165, 1.54) is 0 Å². The van der Waals surface area contributed by atoms with Crippen LogP contribution in [0.2, 0.25) is 0 Å². The van der Waals surface area contributed by atoms with Crippen LogP contribution in [-0.2, 0) is 9.59 Å². The van der Waals surface area contributed by atoms with E-state index in [0.717, 1.165) is 52.1 Å². The minimum absolute atomic E-state index is 0.279. The van der Waals surface area contributed by atoms with Crippen molar-refractivity contribution in [2.75, 3.05) is 39.3 Å². The van der Waals surface area contributed by atoms with Crippen molar-refractivity contribution in [3.63, 3.8) is 0 Å². The predicted octanol–water partition coefficient (Wildman–Crippen LogP) is -0.179. The molecule has 2 fully saturated rings. The summed E-state index contributed by atoms with van der Waals surface area (Å²) in [6.45, 7) is 5.07. The molecule has 2 rings (SSSR count). The van der Waals surface area contributed by atoms with Gasteiger partial charge >= 0.3 is 0 Å². The number of likely N-dealkylation sites (tertiary alicyclic amines) is 2. The van der Waals surface area contributed by atoms with Crippen molar-refractivity contribution in [2.24, 2.45) is 0 Å². The van der Waals surface area contributed by atoms with Gasteiger partial charge in [-0.1, -0.05) is 0 Å². The van der Waals surface area contributed by atoms with Crippen LogP contribution in [0.5, 0.6) is 0 Å². The van der Waals surface area contributed by atoms with E-state index in [-0.39, 0.29) is 11.8 Å². The summed E-state index contributed by atoms with van der Waals surface area (Å²) in [5.74, 6) is 0.558. The van der Waals surface area contributed by atoms with Crippen LogP contribution in [0.1, 0.15) is 25.7 Å². The van der Waals surface area contributed by atoms with Crippen LogP contribution in [-0.4, -0.2) is 60.9 Å². The fourth-order valence-electron chi connectivity index (χ4n) is 2.43. The molecule has 0 spiro atoms. The molecule has 0 unspecified atom stereocenters. The van der Waals surface area contributed by atoms with Gasteiger partial charge in [0.15, 0.2) is 0 Å². The molecule has 0 saturated carbocycles.